The number of hydrogen-bond donors (Lipinski definition) is 0. The Morgan fingerprint density at radius 2 is 0.746 bits per heavy atom. The molecule has 1 heterocycles. The fraction of sp³-hybridized carbons (Fsp3) is 0. The monoisotopic (exact) mass is 747 g/mol. The smallest absolute Gasteiger partial charge is 0.0552 e. The number of fused-ring (bicyclic) bond motifs is 5. The van der Waals surface area contributed by atoms with Gasteiger partial charge in [-0.3, -0.25) is 0 Å². The zero-order valence-corrected chi connectivity index (χ0v) is 32.3. The van der Waals surface area contributed by atoms with Crippen molar-refractivity contribution in [3.63, 3.8) is 0 Å². The molecule has 0 amide bonds. The van der Waals surface area contributed by atoms with E-state index in [1.54, 1.807) is 0 Å². The molecule has 0 saturated carbocycles. The number of benzene rings is 11. The first-order valence-electron chi connectivity index (χ1n) is 20.4. The minimum atomic E-state index is 1.16. The standard InChI is InChI=1S/C58H37N/c1-3-15-38(16-4-1)39-17-13-18-43(34-39)56-50-23-7-9-25-52(50)57(53-26-10-8-24-51(53)56)45-32-31-40-33-42(30-29-41(40)35-45)46-36-44-19-14-27-49-48-22-11-12-28-54(48)59(55(37-46)58(44)49)47-20-5-2-6-21-47/h1-37H. The molecular formula is C58H37N. The summed E-state index contributed by atoms with van der Waals surface area (Å²) < 4.78 is 0. The molecule has 11 aromatic carbocycles. The zero-order chi connectivity index (χ0) is 38.9. The molecule has 59 heavy (non-hydrogen) atoms. The van der Waals surface area contributed by atoms with Gasteiger partial charge < -0.3 is 4.90 Å². The number of rotatable bonds is 5. The normalized spacial score (nSPS) is 12.0. The predicted octanol–water partition coefficient (Wildman–Crippen LogP) is 16.4. The van der Waals surface area contributed by atoms with Crippen molar-refractivity contribution in [2.24, 2.45) is 0 Å². The number of para-hydroxylation sites is 2. The molecule has 1 nitrogen and oxygen atoms in total. The number of hydrogen-bond acceptors (Lipinski definition) is 1. The first-order chi connectivity index (χ1) is 29.3. The Bertz CT molecular complexity index is 3380. The molecule has 0 fully saturated rings. The van der Waals surface area contributed by atoms with Gasteiger partial charge in [-0.05, 0) is 136 Å². The second kappa shape index (κ2) is 13.4. The van der Waals surface area contributed by atoms with Gasteiger partial charge >= 0.3 is 0 Å². The summed E-state index contributed by atoms with van der Waals surface area (Å²) >= 11 is 0. The van der Waals surface area contributed by atoms with Crippen LogP contribution < -0.4 is 4.90 Å². The van der Waals surface area contributed by atoms with Crippen molar-refractivity contribution in [1.29, 1.82) is 0 Å². The molecule has 0 radical (unpaired) electrons. The molecule has 274 valence electrons. The van der Waals surface area contributed by atoms with E-state index in [1.807, 2.05) is 0 Å². The predicted molar refractivity (Wildman–Crippen MR) is 252 cm³/mol. The number of anilines is 3. The van der Waals surface area contributed by atoms with Gasteiger partial charge in [-0.15, -0.1) is 0 Å². The fourth-order valence-electron chi connectivity index (χ4n) is 9.67. The minimum absolute atomic E-state index is 1.16. The summed E-state index contributed by atoms with van der Waals surface area (Å²) in [6, 6.07) is 82.6. The summed E-state index contributed by atoms with van der Waals surface area (Å²) in [5, 5.41) is 10.0. The quantitative estimate of drug-likeness (QED) is 0.159. The third-order valence-electron chi connectivity index (χ3n) is 12.3. The molecule has 1 aliphatic rings. The highest BCUT2D eigenvalue weighted by molar-refractivity contribution is 6.22. The molecule has 1 heteroatoms. The molecule has 0 atom stereocenters. The first-order valence-corrected chi connectivity index (χ1v) is 20.4. The summed E-state index contributed by atoms with van der Waals surface area (Å²) in [4.78, 5) is 2.43. The van der Waals surface area contributed by atoms with Crippen LogP contribution in [0.25, 0.3) is 98.7 Å². The van der Waals surface area contributed by atoms with Crippen LogP contribution in [0.5, 0.6) is 0 Å². The largest absolute Gasteiger partial charge is 0.309 e. The second-order valence-electron chi connectivity index (χ2n) is 15.7. The molecule has 0 unspecified atom stereocenters. The van der Waals surface area contributed by atoms with Crippen molar-refractivity contribution in [2.45, 2.75) is 0 Å². The maximum absolute atomic E-state index is 2.43. The number of nitrogens with zero attached hydrogens (tertiary/aromatic N) is 1. The summed E-state index contributed by atoms with van der Waals surface area (Å²) in [7, 11) is 0. The van der Waals surface area contributed by atoms with Gasteiger partial charge in [0, 0.05) is 16.6 Å². The maximum Gasteiger partial charge on any atom is 0.0552 e. The van der Waals surface area contributed by atoms with Crippen LogP contribution in [0, 0.1) is 0 Å². The average Bonchev–Trinajstić information content (AvgIpc) is 3.31. The summed E-state index contributed by atoms with van der Waals surface area (Å²) in [5.41, 5.74) is 16.0. The molecule has 0 saturated heterocycles. The van der Waals surface area contributed by atoms with E-state index < -0.39 is 0 Å². The molecular weight excluding hydrogens is 711 g/mol. The van der Waals surface area contributed by atoms with E-state index in [0.29, 0.717) is 0 Å². The van der Waals surface area contributed by atoms with Gasteiger partial charge in [-0.1, -0.05) is 176 Å². The Balaban J connectivity index is 0.997. The van der Waals surface area contributed by atoms with Crippen LogP contribution in [0.15, 0.2) is 224 Å². The van der Waals surface area contributed by atoms with E-state index in [2.05, 4.69) is 229 Å². The van der Waals surface area contributed by atoms with Gasteiger partial charge in [0.15, 0.2) is 0 Å². The van der Waals surface area contributed by atoms with E-state index in [-0.39, 0.29) is 0 Å². The highest BCUT2D eigenvalue weighted by atomic mass is 15.2. The SMILES string of the molecule is c1ccc(-c2cccc(-c3c4ccccc4c(-c4ccc5cc(-c6cc7c8c(cccc8c6)-c6ccccc6N7c6ccccc6)ccc5c4)c4ccccc34)c2)cc1. The third kappa shape index (κ3) is 5.40. The zero-order valence-electron chi connectivity index (χ0n) is 32.3. The first kappa shape index (κ1) is 33.4. The Hall–Kier alpha value is -7.74. The van der Waals surface area contributed by atoms with Gasteiger partial charge in [-0.2, -0.15) is 0 Å². The third-order valence-corrected chi connectivity index (χ3v) is 12.3. The molecule has 11 aromatic rings. The van der Waals surface area contributed by atoms with Crippen LogP contribution in [-0.4, -0.2) is 0 Å². The molecule has 1 aliphatic heterocycles. The molecule has 0 aliphatic carbocycles. The summed E-state index contributed by atoms with van der Waals surface area (Å²) in [6.45, 7) is 0. The van der Waals surface area contributed by atoms with E-state index >= 15 is 0 Å². The molecule has 0 spiro atoms. The highest BCUT2D eigenvalue weighted by Crippen LogP contribution is 2.52. The second-order valence-corrected chi connectivity index (χ2v) is 15.7. The van der Waals surface area contributed by atoms with Crippen LogP contribution in [0.2, 0.25) is 0 Å². The maximum atomic E-state index is 2.43. The Kier molecular flexibility index (Phi) is 7.61. The molecule has 0 aromatic heterocycles. The topological polar surface area (TPSA) is 3.24 Å². The lowest BCUT2D eigenvalue weighted by Crippen LogP contribution is -2.15. The van der Waals surface area contributed by atoms with Crippen LogP contribution in [0.1, 0.15) is 0 Å². The van der Waals surface area contributed by atoms with E-state index in [1.165, 1.54) is 110 Å². The van der Waals surface area contributed by atoms with Gasteiger partial charge in [-0.25, -0.2) is 0 Å². The van der Waals surface area contributed by atoms with Crippen LogP contribution in [0.4, 0.5) is 17.1 Å². The molecule has 0 N–H and O–H groups in total. The summed E-state index contributed by atoms with van der Waals surface area (Å²) in [5.74, 6) is 0. The van der Waals surface area contributed by atoms with Crippen molar-refractivity contribution in [3.05, 3.63) is 224 Å². The van der Waals surface area contributed by atoms with Gasteiger partial charge in [0.25, 0.3) is 0 Å². The van der Waals surface area contributed by atoms with Crippen molar-refractivity contribution < 1.29 is 0 Å². The van der Waals surface area contributed by atoms with E-state index in [0.717, 1.165) is 5.69 Å². The van der Waals surface area contributed by atoms with Crippen LogP contribution >= 0.6 is 0 Å². The Labute approximate surface area is 343 Å². The summed E-state index contributed by atoms with van der Waals surface area (Å²) in [6.07, 6.45) is 0. The average molecular weight is 748 g/mol. The van der Waals surface area contributed by atoms with Gasteiger partial charge in [0.1, 0.15) is 0 Å². The highest BCUT2D eigenvalue weighted by Gasteiger charge is 2.26. The minimum Gasteiger partial charge on any atom is -0.309 e. The van der Waals surface area contributed by atoms with Crippen LogP contribution in [-0.2, 0) is 0 Å². The van der Waals surface area contributed by atoms with Crippen molar-refractivity contribution in [3.8, 4) is 55.6 Å². The van der Waals surface area contributed by atoms with Crippen molar-refractivity contribution >= 4 is 60.2 Å². The van der Waals surface area contributed by atoms with Gasteiger partial charge in [0.05, 0.1) is 11.4 Å². The van der Waals surface area contributed by atoms with Gasteiger partial charge in [0.2, 0.25) is 0 Å². The fourth-order valence-corrected chi connectivity index (χ4v) is 9.67. The lowest BCUT2D eigenvalue weighted by atomic mass is 9.85. The van der Waals surface area contributed by atoms with Crippen molar-refractivity contribution in [1.82, 2.24) is 0 Å². The molecule has 0 bridgehead atoms. The molecule has 12 rings (SSSR count). The van der Waals surface area contributed by atoms with E-state index in [4.69, 9.17) is 0 Å². The Morgan fingerprint density at radius 1 is 0.254 bits per heavy atom. The lowest BCUT2D eigenvalue weighted by Gasteiger charge is -2.34. The van der Waals surface area contributed by atoms with Crippen LogP contribution in [0.3, 0.4) is 0 Å². The van der Waals surface area contributed by atoms with E-state index in [9.17, 15) is 0 Å². The Morgan fingerprint density at radius 3 is 1.46 bits per heavy atom. The van der Waals surface area contributed by atoms with Crippen molar-refractivity contribution in [2.75, 3.05) is 4.90 Å². The lowest BCUT2D eigenvalue weighted by molar-refractivity contribution is 1.28.